The average molecular weight is 321 g/mol. The molecule has 0 aliphatic heterocycles. The number of rotatable bonds is 4. The van der Waals surface area contributed by atoms with Gasteiger partial charge in [0.2, 0.25) is 0 Å². The summed E-state index contributed by atoms with van der Waals surface area (Å²) >= 11 is 0. The molecule has 0 saturated carbocycles. The van der Waals surface area contributed by atoms with Crippen molar-refractivity contribution in [3.8, 4) is 11.5 Å². The van der Waals surface area contributed by atoms with Crippen LogP contribution in [-0.4, -0.2) is 33.2 Å². The molecule has 3 aromatic rings. The number of fused-ring (bicyclic) bond motifs is 1. The van der Waals surface area contributed by atoms with E-state index >= 15 is 0 Å². The largest absolute Gasteiger partial charge is 0.496 e. The summed E-state index contributed by atoms with van der Waals surface area (Å²) < 4.78 is 5.21. The second-order valence-electron chi connectivity index (χ2n) is 5.34. The van der Waals surface area contributed by atoms with E-state index in [-0.39, 0.29) is 5.91 Å². The summed E-state index contributed by atoms with van der Waals surface area (Å²) in [5.41, 5.74) is 3.47. The van der Waals surface area contributed by atoms with Gasteiger partial charge in [-0.05, 0) is 24.6 Å². The molecule has 1 amide bonds. The maximum Gasteiger partial charge on any atom is 0.259 e. The summed E-state index contributed by atoms with van der Waals surface area (Å²) in [6, 6.07) is 7.72. The molecule has 0 atom stereocenters. The van der Waals surface area contributed by atoms with Crippen molar-refractivity contribution in [2.75, 3.05) is 12.4 Å². The molecule has 0 spiro atoms. The molecule has 1 aliphatic carbocycles. The van der Waals surface area contributed by atoms with Crippen molar-refractivity contribution in [1.29, 1.82) is 0 Å². The number of carbonyl (C=O) groups is 1. The molecule has 1 aliphatic rings. The fraction of sp³-hybridized carbons (Fsp3) is 0.118. The first-order chi connectivity index (χ1) is 11.8. The predicted molar refractivity (Wildman–Crippen MR) is 90.1 cm³/mol. The Morgan fingerprint density at radius 3 is 3.00 bits per heavy atom. The van der Waals surface area contributed by atoms with Crippen LogP contribution in [0.5, 0.6) is 0 Å². The smallest absolute Gasteiger partial charge is 0.259 e. The zero-order chi connectivity index (χ0) is 16.5. The van der Waals surface area contributed by atoms with Gasteiger partial charge in [0.1, 0.15) is 11.5 Å². The summed E-state index contributed by atoms with van der Waals surface area (Å²) in [7, 11) is 1.55. The number of carbonyl (C=O) groups excluding carboxylic acids is 1. The zero-order valence-electron chi connectivity index (χ0n) is 13.0. The number of ether oxygens (including phenoxy) is 1. The monoisotopic (exact) mass is 321 g/mol. The van der Waals surface area contributed by atoms with E-state index in [0.717, 1.165) is 11.0 Å². The fourth-order valence-corrected chi connectivity index (χ4v) is 2.71. The first-order valence-corrected chi connectivity index (χ1v) is 7.51. The second-order valence-corrected chi connectivity index (χ2v) is 5.34. The summed E-state index contributed by atoms with van der Waals surface area (Å²) in [4.78, 5) is 20.2. The van der Waals surface area contributed by atoms with Crippen LogP contribution in [0, 0.1) is 0 Å². The molecule has 1 aromatic carbocycles. The molecule has 7 heteroatoms. The number of imidazole rings is 1. The number of nitrogens with zero attached hydrogens (tertiary/aromatic N) is 2. The molecule has 0 unspecified atom stereocenters. The molecule has 2 heterocycles. The number of anilines is 1. The fourth-order valence-electron chi connectivity index (χ4n) is 2.71. The first-order valence-electron chi connectivity index (χ1n) is 7.51. The Labute approximate surface area is 137 Å². The highest BCUT2D eigenvalue weighted by atomic mass is 16.5. The minimum absolute atomic E-state index is 0.237. The SMILES string of the molecule is COC1=CCC=C1C(=O)Nc1cn[nH]c1-c1nc2ccccc2[nH]1. The third kappa shape index (κ3) is 2.36. The first kappa shape index (κ1) is 14.3. The minimum Gasteiger partial charge on any atom is -0.496 e. The van der Waals surface area contributed by atoms with E-state index in [9.17, 15) is 4.79 Å². The van der Waals surface area contributed by atoms with Crippen LogP contribution in [-0.2, 0) is 9.53 Å². The van der Waals surface area contributed by atoms with Crippen LogP contribution in [0.15, 0.2) is 53.9 Å². The van der Waals surface area contributed by atoms with Gasteiger partial charge in [-0.2, -0.15) is 5.10 Å². The molecule has 3 N–H and O–H groups in total. The normalized spacial score (nSPS) is 13.7. The molecular formula is C17H15N5O2. The van der Waals surface area contributed by atoms with Gasteiger partial charge in [0.15, 0.2) is 5.82 Å². The lowest BCUT2D eigenvalue weighted by Gasteiger charge is -2.08. The average Bonchev–Trinajstić information content (AvgIpc) is 3.32. The van der Waals surface area contributed by atoms with Gasteiger partial charge in [-0.25, -0.2) is 4.98 Å². The molecule has 4 rings (SSSR count). The number of hydrogen-bond donors (Lipinski definition) is 3. The van der Waals surface area contributed by atoms with E-state index in [1.54, 1.807) is 13.3 Å². The molecule has 0 saturated heterocycles. The van der Waals surface area contributed by atoms with E-state index in [1.165, 1.54) is 0 Å². The van der Waals surface area contributed by atoms with Crippen molar-refractivity contribution >= 4 is 22.6 Å². The summed E-state index contributed by atoms with van der Waals surface area (Å²) in [6.07, 6.45) is 5.94. The Balaban J connectivity index is 1.63. The number of hydrogen-bond acceptors (Lipinski definition) is 4. The quantitative estimate of drug-likeness (QED) is 0.688. The summed E-state index contributed by atoms with van der Waals surface area (Å²) in [6.45, 7) is 0. The molecule has 0 bridgehead atoms. The van der Waals surface area contributed by atoms with Gasteiger partial charge in [0, 0.05) is 0 Å². The number of allylic oxidation sites excluding steroid dienone is 2. The van der Waals surface area contributed by atoms with Gasteiger partial charge in [-0.3, -0.25) is 9.89 Å². The maximum atomic E-state index is 12.5. The van der Waals surface area contributed by atoms with Crippen LogP contribution in [0.1, 0.15) is 6.42 Å². The van der Waals surface area contributed by atoms with E-state index in [1.807, 2.05) is 36.4 Å². The molecular weight excluding hydrogens is 306 g/mol. The molecule has 24 heavy (non-hydrogen) atoms. The van der Waals surface area contributed by atoms with Crippen molar-refractivity contribution in [2.24, 2.45) is 0 Å². The van der Waals surface area contributed by atoms with Gasteiger partial charge < -0.3 is 15.0 Å². The number of aromatic amines is 2. The number of methoxy groups -OCH3 is 1. The zero-order valence-corrected chi connectivity index (χ0v) is 13.0. The highest BCUT2D eigenvalue weighted by molar-refractivity contribution is 6.08. The van der Waals surface area contributed by atoms with Gasteiger partial charge in [0.05, 0.1) is 35.6 Å². The van der Waals surface area contributed by atoms with Gasteiger partial charge in [-0.1, -0.05) is 18.2 Å². The van der Waals surface area contributed by atoms with Crippen LogP contribution in [0.4, 0.5) is 5.69 Å². The third-order valence-corrected chi connectivity index (χ3v) is 3.87. The predicted octanol–water partition coefficient (Wildman–Crippen LogP) is 2.75. The van der Waals surface area contributed by atoms with Crippen molar-refractivity contribution in [1.82, 2.24) is 20.2 Å². The Morgan fingerprint density at radius 1 is 1.29 bits per heavy atom. The Hall–Kier alpha value is -3.35. The third-order valence-electron chi connectivity index (χ3n) is 3.87. The van der Waals surface area contributed by atoms with Gasteiger partial charge >= 0.3 is 0 Å². The van der Waals surface area contributed by atoms with E-state index in [0.29, 0.717) is 35.0 Å². The molecule has 120 valence electrons. The standard InChI is InChI=1S/C17H15N5O2/c1-24-14-8-4-5-10(14)17(23)21-13-9-18-22-15(13)16-19-11-6-2-3-7-12(11)20-16/h2-3,5-9H,4H2,1H3,(H,18,22)(H,19,20)(H,21,23). The lowest BCUT2D eigenvalue weighted by Crippen LogP contribution is -2.15. The summed E-state index contributed by atoms with van der Waals surface area (Å²) in [5, 5.41) is 9.76. The van der Waals surface area contributed by atoms with Crippen molar-refractivity contribution < 1.29 is 9.53 Å². The highest BCUT2D eigenvalue weighted by Crippen LogP contribution is 2.27. The highest BCUT2D eigenvalue weighted by Gasteiger charge is 2.21. The Bertz CT molecular complexity index is 947. The summed E-state index contributed by atoms with van der Waals surface area (Å²) in [5.74, 6) is 0.965. The Kier molecular flexibility index (Phi) is 3.38. The van der Waals surface area contributed by atoms with Crippen LogP contribution < -0.4 is 5.32 Å². The topological polar surface area (TPSA) is 95.7 Å². The number of H-pyrrole nitrogens is 2. The molecule has 2 aromatic heterocycles. The van der Waals surface area contributed by atoms with Crippen molar-refractivity contribution in [2.45, 2.75) is 6.42 Å². The second kappa shape index (κ2) is 5.69. The van der Waals surface area contributed by atoms with Gasteiger partial charge in [0.25, 0.3) is 5.91 Å². The number of benzene rings is 1. The minimum atomic E-state index is -0.237. The van der Waals surface area contributed by atoms with Crippen molar-refractivity contribution in [3.63, 3.8) is 0 Å². The number of amides is 1. The van der Waals surface area contributed by atoms with Crippen LogP contribution in [0.3, 0.4) is 0 Å². The van der Waals surface area contributed by atoms with Crippen LogP contribution in [0.2, 0.25) is 0 Å². The van der Waals surface area contributed by atoms with Gasteiger partial charge in [-0.15, -0.1) is 0 Å². The van der Waals surface area contributed by atoms with E-state index in [2.05, 4.69) is 25.5 Å². The molecule has 0 radical (unpaired) electrons. The van der Waals surface area contributed by atoms with E-state index in [4.69, 9.17) is 4.74 Å². The number of aromatic nitrogens is 4. The van der Waals surface area contributed by atoms with E-state index < -0.39 is 0 Å². The van der Waals surface area contributed by atoms with Crippen LogP contribution >= 0.6 is 0 Å². The van der Waals surface area contributed by atoms with Crippen molar-refractivity contribution in [3.05, 3.63) is 53.9 Å². The molecule has 0 fully saturated rings. The molecule has 7 nitrogen and oxygen atoms in total. The lowest BCUT2D eigenvalue weighted by molar-refractivity contribution is -0.112. The maximum absolute atomic E-state index is 12.5. The van der Waals surface area contributed by atoms with Crippen LogP contribution in [0.25, 0.3) is 22.6 Å². The lowest BCUT2D eigenvalue weighted by atomic mass is 10.2. The number of para-hydroxylation sites is 2. The Morgan fingerprint density at radius 2 is 2.17 bits per heavy atom. The number of nitrogens with one attached hydrogen (secondary N) is 3.